The molecule has 11 nitrogen and oxygen atoms in total. The Hall–Kier alpha value is -4.94. The van der Waals surface area contributed by atoms with Gasteiger partial charge in [-0.3, -0.25) is 0 Å². The van der Waals surface area contributed by atoms with Gasteiger partial charge in [0.15, 0.2) is 22.4 Å². The minimum Gasteiger partial charge on any atom is -0.457 e. The lowest BCUT2D eigenvalue weighted by Gasteiger charge is -2.42. The first kappa shape index (κ1) is 37.6. The standard InChI is InChI=1S/C23H23ClN4O3.C21H20ClNO3/c24-18-6-10-20(11-7-18)30-19-8-4-17(5-9-19)21-23(29,14-28-16-25-15-26-28)22(31-27-21)12-2-1-3-13-22;22-16-6-10-18(11-7-16)25-17-8-4-15(5-9-17)19-21(14-24-21)20(26-23-19)12-2-1-3-13-20/h4-11,15-16,29H,1-3,12-14H2;4-11H,1-3,12-14H2. The Balaban J connectivity index is 0.000000150. The summed E-state index contributed by atoms with van der Waals surface area (Å²) >= 11 is 11.8. The van der Waals surface area contributed by atoms with E-state index in [0.29, 0.717) is 33.9 Å². The summed E-state index contributed by atoms with van der Waals surface area (Å²) in [7, 11) is 0. The first-order valence-corrected chi connectivity index (χ1v) is 20.3. The minimum atomic E-state index is -1.31. The summed E-state index contributed by atoms with van der Waals surface area (Å²) in [5.41, 5.74) is 0.623. The van der Waals surface area contributed by atoms with Crippen molar-refractivity contribution in [1.29, 1.82) is 0 Å². The molecule has 10 rings (SSSR count). The number of halogens is 2. The predicted molar refractivity (Wildman–Crippen MR) is 216 cm³/mol. The Morgan fingerprint density at radius 3 is 1.51 bits per heavy atom. The highest BCUT2D eigenvalue weighted by molar-refractivity contribution is 6.30. The van der Waals surface area contributed by atoms with Crippen LogP contribution >= 0.6 is 23.2 Å². The lowest BCUT2D eigenvalue weighted by molar-refractivity contribution is -0.151. The van der Waals surface area contributed by atoms with E-state index < -0.39 is 11.2 Å². The number of hydrogen-bond acceptors (Lipinski definition) is 10. The number of aromatic nitrogens is 3. The molecule has 57 heavy (non-hydrogen) atoms. The van der Waals surface area contributed by atoms with E-state index in [9.17, 15) is 5.11 Å². The molecule has 3 spiro atoms. The van der Waals surface area contributed by atoms with E-state index in [1.165, 1.54) is 25.6 Å². The number of nitrogens with zero attached hydrogens (tertiary/aromatic N) is 5. The van der Waals surface area contributed by atoms with Gasteiger partial charge in [0.05, 0.1) is 13.2 Å². The normalized spacial score (nSPS) is 23.8. The summed E-state index contributed by atoms with van der Waals surface area (Å²) in [6.45, 7) is 0.934. The molecule has 0 amide bonds. The van der Waals surface area contributed by atoms with Gasteiger partial charge in [-0.05, 0) is 148 Å². The van der Waals surface area contributed by atoms with Gasteiger partial charge in [0.2, 0.25) is 0 Å². The zero-order chi connectivity index (χ0) is 38.9. The van der Waals surface area contributed by atoms with Gasteiger partial charge in [-0.2, -0.15) is 5.10 Å². The zero-order valence-corrected chi connectivity index (χ0v) is 32.9. The molecule has 0 bridgehead atoms. The van der Waals surface area contributed by atoms with Crippen LogP contribution in [0.5, 0.6) is 23.0 Å². The topological polar surface area (TPSA) is 125 Å². The van der Waals surface area contributed by atoms with Gasteiger partial charge in [0.1, 0.15) is 47.1 Å². The van der Waals surface area contributed by atoms with Crippen LogP contribution in [-0.4, -0.2) is 60.3 Å². The van der Waals surface area contributed by atoms with Gasteiger partial charge in [0, 0.05) is 21.2 Å². The minimum absolute atomic E-state index is 0.231. The molecule has 4 aromatic carbocycles. The molecule has 294 valence electrons. The molecule has 1 aromatic heterocycles. The number of benzene rings is 4. The Labute approximate surface area is 341 Å². The van der Waals surface area contributed by atoms with Crippen molar-refractivity contribution in [3.8, 4) is 23.0 Å². The Morgan fingerprint density at radius 1 is 0.596 bits per heavy atom. The highest BCUT2D eigenvalue weighted by Gasteiger charge is 2.70. The average molecular weight is 809 g/mol. The monoisotopic (exact) mass is 807 g/mol. The van der Waals surface area contributed by atoms with E-state index in [-0.39, 0.29) is 17.7 Å². The van der Waals surface area contributed by atoms with E-state index >= 15 is 0 Å². The molecular formula is C44H43Cl2N5O6. The maximum Gasteiger partial charge on any atom is 0.179 e. The highest BCUT2D eigenvalue weighted by atomic mass is 35.5. The quantitative estimate of drug-likeness (QED) is 0.154. The van der Waals surface area contributed by atoms with Crippen LogP contribution in [0.25, 0.3) is 0 Å². The van der Waals surface area contributed by atoms with Crippen LogP contribution < -0.4 is 9.47 Å². The molecule has 1 N–H and O–H groups in total. The smallest absolute Gasteiger partial charge is 0.179 e. The molecule has 5 aliphatic rings. The molecule has 5 aromatic rings. The molecule has 2 saturated carbocycles. The van der Waals surface area contributed by atoms with E-state index in [0.717, 1.165) is 73.3 Å². The SMILES string of the molecule is Clc1ccc(Oc2ccc(C3=NOC4(CCCCC4)C34CO4)cc2)cc1.OC1(Cn2cncn2)C(c2ccc(Oc3ccc(Cl)cc3)cc2)=NOC12CCCCC2. The van der Waals surface area contributed by atoms with Crippen molar-refractivity contribution in [1.82, 2.24) is 14.8 Å². The van der Waals surface area contributed by atoms with Crippen LogP contribution in [0.2, 0.25) is 10.0 Å². The van der Waals surface area contributed by atoms with Crippen LogP contribution in [0.3, 0.4) is 0 Å². The van der Waals surface area contributed by atoms with Crippen molar-refractivity contribution in [3.63, 3.8) is 0 Å². The van der Waals surface area contributed by atoms with Crippen molar-refractivity contribution in [2.24, 2.45) is 10.3 Å². The molecule has 2 unspecified atom stereocenters. The molecule has 4 heterocycles. The van der Waals surface area contributed by atoms with Crippen molar-refractivity contribution < 1.29 is 29.0 Å². The van der Waals surface area contributed by atoms with Gasteiger partial charge >= 0.3 is 0 Å². The maximum absolute atomic E-state index is 12.0. The second kappa shape index (κ2) is 15.4. The largest absolute Gasteiger partial charge is 0.457 e. The molecular weight excluding hydrogens is 765 g/mol. The van der Waals surface area contributed by atoms with Crippen LogP contribution in [0.15, 0.2) is 120 Å². The second-order valence-electron chi connectivity index (χ2n) is 15.4. The van der Waals surface area contributed by atoms with Crippen molar-refractivity contribution in [2.75, 3.05) is 6.61 Å². The van der Waals surface area contributed by atoms with Gasteiger partial charge < -0.3 is 29.0 Å². The summed E-state index contributed by atoms with van der Waals surface area (Å²) in [4.78, 5) is 16.0. The van der Waals surface area contributed by atoms with Crippen LogP contribution in [-0.2, 0) is 21.0 Å². The Kier molecular flexibility index (Phi) is 10.2. The number of epoxide rings is 1. The summed E-state index contributed by atoms with van der Waals surface area (Å²) in [6.07, 6.45) is 13.4. The van der Waals surface area contributed by atoms with Gasteiger partial charge in [-0.25, -0.2) is 9.67 Å². The number of fused-ring (bicyclic) bond motifs is 1. The predicted octanol–water partition coefficient (Wildman–Crippen LogP) is 9.93. The fourth-order valence-electron chi connectivity index (χ4n) is 8.70. The summed E-state index contributed by atoms with van der Waals surface area (Å²) in [6, 6.07) is 30.0. The number of aliphatic hydroxyl groups is 1. The third-order valence-electron chi connectivity index (χ3n) is 11.9. The number of rotatable bonds is 8. The number of hydrogen-bond donors (Lipinski definition) is 1. The third kappa shape index (κ3) is 7.27. The first-order chi connectivity index (χ1) is 27.8. The first-order valence-electron chi connectivity index (χ1n) is 19.6. The zero-order valence-electron chi connectivity index (χ0n) is 31.4. The lowest BCUT2D eigenvalue weighted by Crippen LogP contribution is -2.59. The molecule has 3 fully saturated rings. The second-order valence-corrected chi connectivity index (χ2v) is 16.3. The van der Waals surface area contributed by atoms with Gasteiger partial charge in [-0.15, -0.1) is 0 Å². The number of ether oxygens (including phenoxy) is 3. The molecule has 13 heteroatoms. The highest BCUT2D eigenvalue weighted by Crippen LogP contribution is 2.54. The van der Waals surface area contributed by atoms with Crippen molar-refractivity contribution >= 4 is 34.6 Å². The summed E-state index contributed by atoms with van der Waals surface area (Å²) < 4.78 is 19.3. The number of oxime groups is 2. The van der Waals surface area contributed by atoms with Crippen molar-refractivity contribution in [3.05, 3.63) is 131 Å². The van der Waals surface area contributed by atoms with E-state index in [1.807, 2.05) is 84.9 Å². The summed E-state index contributed by atoms with van der Waals surface area (Å²) in [5.74, 6) is 2.90. The molecule has 2 aliphatic carbocycles. The molecule has 2 atom stereocenters. The van der Waals surface area contributed by atoms with Crippen LogP contribution in [0.1, 0.15) is 75.3 Å². The molecule has 3 aliphatic heterocycles. The molecule has 1 saturated heterocycles. The fraction of sp³-hybridized carbons (Fsp3) is 0.364. The Morgan fingerprint density at radius 2 is 1.04 bits per heavy atom. The van der Waals surface area contributed by atoms with E-state index in [1.54, 1.807) is 23.1 Å². The van der Waals surface area contributed by atoms with Crippen LogP contribution in [0.4, 0.5) is 0 Å². The Bertz CT molecular complexity index is 2220. The average Bonchev–Trinajstić information content (AvgIpc) is 3.69. The maximum atomic E-state index is 12.0. The fourth-order valence-corrected chi connectivity index (χ4v) is 8.95. The van der Waals surface area contributed by atoms with Gasteiger partial charge in [-0.1, -0.05) is 46.4 Å². The van der Waals surface area contributed by atoms with Gasteiger partial charge in [0.25, 0.3) is 0 Å². The van der Waals surface area contributed by atoms with E-state index in [2.05, 4.69) is 20.4 Å². The third-order valence-corrected chi connectivity index (χ3v) is 12.4. The lowest BCUT2D eigenvalue weighted by atomic mass is 9.69. The van der Waals surface area contributed by atoms with Crippen LogP contribution in [0, 0.1) is 0 Å². The van der Waals surface area contributed by atoms with Crippen molar-refractivity contribution in [2.45, 2.75) is 93.2 Å². The summed E-state index contributed by atoms with van der Waals surface area (Å²) in [5, 5.41) is 26.4. The van der Waals surface area contributed by atoms with E-state index in [4.69, 9.17) is 47.1 Å². The molecule has 0 radical (unpaired) electrons.